The molecule has 0 amide bonds. The molecule has 1 atom stereocenters. The molecule has 0 bridgehead atoms. The number of rotatable bonds is 3. The van der Waals surface area contributed by atoms with Gasteiger partial charge in [0.15, 0.2) is 5.82 Å². The molecule has 2 aromatic rings. The van der Waals surface area contributed by atoms with E-state index >= 15 is 0 Å². The minimum Gasteiger partial charge on any atom is -0.340 e. The van der Waals surface area contributed by atoms with Crippen LogP contribution in [0.1, 0.15) is 18.4 Å². The number of anilines is 1. The lowest BCUT2D eigenvalue weighted by Gasteiger charge is -2.45. The zero-order valence-corrected chi connectivity index (χ0v) is 14.6. The van der Waals surface area contributed by atoms with Gasteiger partial charge >= 0.3 is 0 Å². The van der Waals surface area contributed by atoms with E-state index in [0.29, 0.717) is 38.5 Å². The van der Waals surface area contributed by atoms with E-state index in [2.05, 4.69) is 20.0 Å². The SMILES string of the molecule is Cn1cc(CN2CCC(F)(F)[C@]3(CCN(c4ncc(F)cn4)C3)C2)cn1. The Balaban J connectivity index is 1.51. The van der Waals surface area contributed by atoms with E-state index in [0.717, 1.165) is 18.0 Å². The van der Waals surface area contributed by atoms with Gasteiger partial charge in [0.25, 0.3) is 5.92 Å². The summed E-state index contributed by atoms with van der Waals surface area (Å²) in [7, 11) is 1.84. The minimum absolute atomic E-state index is 0.161. The second kappa shape index (κ2) is 6.22. The maximum atomic E-state index is 14.9. The third-order valence-electron chi connectivity index (χ3n) is 5.45. The van der Waals surface area contributed by atoms with Crippen LogP contribution >= 0.6 is 0 Å². The van der Waals surface area contributed by atoms with Crippen molar-refractivity contribution >= 4 is 5.95 Å². The first-order chi connectivity index (χ1) is 12.4. The summed E-state index contributed by atoms with van der Waals surface area (Å²) in [6, 6.07) is 0. The van der Waals surface area contributed by atoms with Crippen molar-refractivity contribution in [3.8, 4) is 0 Å². The van der Waals surface area contributed by atoms with Crippen LogP contribution in [0.3, 0.4) is 0 Å². The molecule has 140 valence electrons. The Kier molecular flexibility index (Phi) is 4.13. The lowest BCUT2D eigenvalue weighted by molar-refractivity contribution is -0.158. The van der Waals surface area contributed by atoms with Crippen molar-refractivity contribution in [2.75, 3.05) is 31.1 Å². The first-order valence-electron chi connectivity index (χ1n) is 8.67. The highest BCUT2D eigenvalue weighted by Crippen LogP contribution is 2.50. The van der Waals surface area contributed by atoms with Gasteiger partial charge in [-0.1, -0.05) is 0 Å². The van der Waals surface area contributed by atoms with Crippen LogP contribution in [0.2, 0.25) is 0 Å². The Morgan fingerprint density at radius 3 is 2.54 bits per heavy atom. The van der Waals surface area contributed by atoms with Gasteiger partial charge in [-0.15, -0.1) is 0 Å². The Bertz CT molecular complexity index is 777. The molecule has 2 saturated heterocycles. The molecule has 6 nitrogen and oxygen atoms in total. The van der Waals surface area contributed by atoms with Gasteiger partial charge < -0.3 is 4.90 Å². The first kappa shape index (κ1) is 17.3. The summed E-state index contributed by atoms with van der Waals surface area (Å²) in [6.07, 6.45) is 6.03. The van der Waals surface area contributed by atoms with Gasteiger partial charge in [-0.05, 0) is 6.42 Å². The van der Waals surface area contributed by atoms with E-state index in [1.54, 1.807) is 15.8 Å². The van der Waals surface area contributed by atoms with E-state index in [1.165, 1.54) is 0 Å². The van der Waals surface area contributed by atoms with E-state index in [9.17, 15) is 13.2 Å². The third-order valence-corrected chi connectivity index (χ3v) is 5.45. The van der Waals surface area contributed by atoms with Crippen LogP contribution in [0.15, 0.2) is 24.8 Å². The molecule has 2 aromatic heterocycles. The lowest BCUT2D eigenvalue weighted by Crippen LogP contribution is -2.56. The van der Waals surface area contributed by atoms with Crippen molar-refractivity contribution in [2.45, 2.75) is 25.3 Å². The Labute approximate surface area is 149 Å². The topological polar surface area (TPSA) is 50.1 Å². The quantitative estimate of drug-likeness (QED) is 0.833. The summed E-state index contributed by atoms with van der Waals surface area (Å²) in [5, 5.41) is 4.15. The minimum atomic E-state index is -2.74. The molecule has 9 heteroatoms. The summed E-state index contributed by atoms with van der Waals surface area (Å²) in [5.41, 5.74) is -0.116. The number of hydrogen-bond donors (Lipinski definition) is 0. The van der Waals surface area contributed by atoms with Gasteiger partial charge in [-0.25, -0.2) is 23.1 Å². The number of aromatic nitrogens is 4. The van der Waals surface area contributed by atoms with Crippen LogP contribution in [-0.2, 0) is 13.6 Å². The predicted octanol–water partition coefficient (Wildman–Crippen LogP) is 2.09. The zero-order chi connectivity index (χ0) is 18.4. The number of halogens is 3. The van der Waals surface area contributed by atoms with Crippen molar-refractivity contribution in [3.63, 3.8) is 0 Å². The molecule has 2 aliphatic heterocycles. The summed E-state index contributed by atoms with van der Waals surface area (Å²) in [5.74, 6) is -2.97. The maximum Gasteiger partial charge on any atom is 0.257 e. The van der Waals surface area contributed by atoms with Crippen molar-refractivity contribution < 1.29 is 13.2 Å². The fourth-order valence-electron chi connectivity index (χ4n) is 4.07. The van der Waals surface area contributed by atoms with Crippen LogP contribution in [0.25, 0.3) is 0 Å². The number of likely N-dealkylation sites (tertiary alicyclic amines) is 1. The van der Waals surface area contributed by atoms with Gasteiger partial charge in [0.05, 0.1) is 24.0 Å². The van der Waals surface area contributed by atoms with Crippen molar-refractivity contribution in [2.24, 2.45) is 12.5 Å². The molecule has 0 N–H and O–H groups in total. The van der Waals surface area contributed by atoms with Crippen LogP contribution < -0.4 is 4.90 Å². The van der Waals surface area contributed by atoms with Gasteiger partial charge in [-0.3, -0.25) is 9.58 Å². The largest absolute Gasteiger partial charge is 0.340 e. The average molecular weight is 366 g/mol. The normalized spacial score (nSPS) is 25.9. The maximum absolute atomic E-state index is 14.9. The number of alkyl halides is 2. The molecule has 0 unspecified atom stereocenters. The molecule has 0 radical (unpaired) electrons. The fraction of sp³-hybridized carbons (Fsp3) is 0.588. The van der Waals surface area contributed by atoms with E-state index < -0.39 is 17.2 Å². The Hall–Kier alpha value is -2.16. The molecule has 4 rings (SSSR count). The van der Waals surface area contributed by atoms with Gasteiger partial charge in [0.2, 0.25) is 5.95 Å². The highest BCUT2D eigenvalue weighted by molar-refractivity contribution is 5.33. The number of aryl methyl sites for hydroxylation is 1. The molecule has 4 heterocycles. The number of nitrogens with zero attached hydrogens (tertiary/aromatic N) is 6. The predicted molar refractivity (Wildman–Crippen MR) is 89.3 cm³/mol. The molecule has 2 fully saturated rings. The molecule has 0 saturated carbocycles. The van der Waals surface area contributed by atoms with E-state index in [1.807, 2.05) is 13.2 Å². The second-order valence-corrected chi connectivity index (χ2v) is 7.34. The van der Waals surface area contributed by atoms with Crippen LogP contribution in [0, 0.1) is 11.2 Å². The fourth-order valence-corrected chi connectivity index (χ4v) is 4.07. The molecule has 0 aromatic carbocycles. The smallest absolute Gasteiger partial charge is 0.257 e. The first-order valence-corrected chi connectivity index (χ1v) is 8.67. The van der Waals surface area contributed by atoms with Gasteiger partial charge in [0.1, 0.15) is 0 Å². The Morgan fingerprint density at radius 2 is 1.85 bits per heavy atom. The van der Waals surface area contributed by atoms with Crippen LogP contribution in [0.4, 0.5) is 19.1 Å². The summed E-state index contributed by atoms with van der Waals surface area (Å²) < 4.78 is 44.5. The van der Waals surface area contributed by atoms with Crippen LogP contribution in [0.5, 0.6) is 0 Å². The van der Waals surface area contributed by atoms with Crippen LogP contribution in [-0.4, -0.2) is 56.7 Å². The third kappa shape index (κ3) is 3.04. The molecule has 0 aliphatic carbocycles. The molecular weight excluding hydrogens is 345 g/mol. The highest BCUT2D eigenvalue weighted by Gasteiger charge is 2.59. The highest BCUT2D eigenvalue weighted by atomic mass is 19.3. The summed E-state index contributed by atoms with van der Waals surface area (Å²) >= 11 is 0. The molecule has 1 spiro atoms. The van der Waals surface area contributed by atoms with E-state index in [-0.39, 0.29) is 13.0 Å². The lowest BCUT2D eigenvalue weighted by atomic mass is 9.75. The van der Waals surface area contributed by atoms with Gasteiger partial charge in [0, 0.05) is 58.0 Å². The molecule has 2 aliphatic rings. The monoisotopic (exact) mass is 366 g/mol. The van der Waals surface area contributed by atoms with Crippen molar-refractivity contribution in [3.05, 3.63) is 36.2 Å². The van der Waals surface area contributed by atoms with Gasteiger partial charge in [-0.2, -0.15) is 5.10 Å². The molecule has 26 heavy (non-hydrogen) atoms. The van der Waals surface area contributed by atoms with E-state index in [4.69, 9.17) is 0 Å². The molecular formula is C17H21F3N6. The Morgan fingerprint density at radius 1 is 1.08 bits per heavy atom. The number of piperidine rings is 1. The van der Waals surface area contributed by atoms with Crippen molar-refractivity contribution in [1.29, 1.82) is 0 Å². The standard InChI is InChI=1S/C17H21F3N6/c1-24-9-13(6-23-24)10-25-4-3-17(19,20)16(11-25)2-5-26(12-16)15-21-7-14(18)8-22-15/h6-9H,2-5,10-12H2,1H3/t16-/m1/s1. The zero-order valence-electron chi connectivity index (χ0n) is 14.6. The second-order valence-electron chi connectivity index (χ2n) is 7.34. The number of hydrogen-bond acceptors (Lipinski definition) is 5. The average Bonchev–Trinajstić information content (AvgIpc) is 3.20. The summed E-state index contributed by atoms with van der Waals surface area (Å²) in [4.78, 5) is 11.7. The summed E-state index contributed by atoms with van der Waals surface area (Å²) in [6.45, 7) is 1.90. The van der Waals surface area contributed by atoms with Crippen molar-refractivity contribution in [1.82, 2.24) is 24.6 Å².